The molecule has 1 aliphatic heterocycles. The van der Waals surface area contributed by atoms with Crippen molar-refractivity contribution in [1.82, 2.24) is 4.98 Å². The van der Waals surface area contributed by atoms with E-state index >= 15 is 0 Å². The summed E-state index contributed by atoms with van der Waals surface area (Å²) in [5, 5.41) is 9.85. The number of aromatic amines is 1. The van der Waals surface area contributed by atoms with Crippen LogP contribution in [-0.2, 0) is 0 Å². The van der Waals surface area contributed by atoms with Gasteiger partial charge < -0.3 is 5.11 Å². The summed E-state index contributed by atoms with van der Waals surface area (Å²) in [5.41, 5.74) is 2.18. The number of nitrogens with one attached hydrogen (secondary N) is 1. The zero-order valence-corrected chi connectivity index (χ0v) is 10.5. The zero-order chi connectivity index (χ0) is 13.2. The van der Waals surface area contributed by atoms with Crippen LogP contribution < -0.4 is 4.87 Å². The van der Waals surface area contributed by atoms with Crippen LogP contribution in [0.4, 0.5) is 0 Å². The van der Waals surface area contributed by atoms with E-state index in [1.807, 2.05) is 30.3 Å². The standard InChI is InChI=1S/C13H9N3O2S/c17-12-11(19-13(18)16-12)10(9-6-14-7-15-9)8-4-2-1-3-5-8/h1-7,17H,(H,16,18). The Labute approximate surface area is 112 Å². The highest BCUT2D eigenvalue weighted by Crippen LogP contribution is 2.34. The molecule has 1 aliphatic rings. The average Bonchev–Trinajstić information content (AvgIpc) is 3.03. The van der Waals surface area contributed by atoms with Crippen LogP contribution in [0.3, 0.4) is 0 Å². The van der Waals surface area contributed by atoms with Crippen molar-refractivity contribution in [3.63, 3.8) is 0 Å². The van der Waals surface area contributed by atoms with Crippen LogP contribution in [0.25, 0.3) is 5.57 Å². The average molecular weight is 271 g/mol. The summed E-state index contributed by atoms with van der Waals surface area (Å²) in [6.07, 6.45) is 3.04. The highest BCUT2D eigenvalue weighted by atomic mass is 32.1. The van der Waals surface area contributed by atoms with Gasteiger partial charge in [-0.2, -0.15) is 0 Å². The van der Waals surface area contributed by atoms with Crippen LogP contribution in [-0.4, -0.2) is 22.6 Å². The van der Waals surface area contributed by atoms with Crippen molar-refractivity contribution in [2.24, 2.45) is 9.98 Å². The van der Waals surface area contributed by atoms with E-state index < -0.39 is 0 Å². The minimum atomic E-state index is -0.305. The molecule has 0 fully saturated rings. The molecule has 3 rings (SSSR count). The van der Waals surface area contributed by atoms with E-state index in [0.717, 1.165) is 16.9 Å². The van der Waals surface area contributed by atoms with E-state index in [-0.39, 0.29) is 10.8 Å². The predicted molar refractivity (Wildman–Crippen MR) is 76.1 cm³/mol. The minimum Gasteiger partial charge on any atom is -0.493 e. The maximum atomic E-state index is 11.4. The second-order valence-electron chi connectivity index (χ2n) is 3.84. The molecular formula is C13H9N3O2S. The minimum absolute atomic E-state index is 0.142. The number of aromatic nitrogens is 1. The van der Waals surface area contributed by atoms with Crippen molar-refractivity contribution in [1.29, 1.82) is 0 Å². The first-order valence-corrected chi connectivity index (χ1v) is 6.35. The van der Waals surface area contributed by atoms with Gasteiger partial charge >= 0.3 is 4.87 Å². The van der Waals surface area contributed by atoms with E-state index in [0.29, 0.717) is 16.1 Å². The summed E-state index contributed by atoms with van der Waals surface area (Å²) in [7, 11) is 0. The van der Waals surface area contributed by atoms with Gasteiger partial charge in [0, 0.05) is 5.57 Å². The second kappa shape index (κ2) is 4.66. The Morgan fingerprint density at radius 3 is 2.63 bits per heavy atom. The number of rotatable bonds is 2. The van der Waals surface area contributed by atoms with Gasteiger partial charge in [0.15, 0.2) is 0 Å². The molecule has 0 saturated carbocycles. The summed E-state index contributed by atoms with van der Waals surface area (Å²) in [6.45, 7) is 0. The number of aromatic hydroxyl groups is 1. The first-order valence-electron chi connectivity index (χ1n) is 5.53. The summed E-state index contributed by atoms with van der Waals surface area (Å²) >= 11 is 0.950. The van der Waals surface area contributed by atoms with Gasteiger partial charge in [-0.05, 0) is 5.56 Å². The Bertz CT molecular complexity index is 740. The van der Waals surface area contributed by atoms with Gasteiger partial charge in [0.1, 0.15) is 11.2 Å². The van der Waals surface area contributed by atoms with Crippen LogP contribution in [0.5, 0.6) is 5.88 Å². The monoisotopic (exact) mass is 271 g/mol. The van der Waals surface area contributed by atoms with Crippen molar-refractivity contribution in [2.75, 3.05) is 0 Å². The Kier molecular flexibility index (Phi) is 2.85. The van der Waals surface area contributed by atoms with Crippen molar-refractivity contribution >= 4 is 29.5 Å². The lowest BCUT2D eigenvalue weighted by Gasteiger charge is -2.07. The van der Waals surface area contributed by atoms with E-state index in [2.05, 4.69) is 15.0 Å². The van der Waals surface area contributed by atoms with Crippen LogP contribution in [0.2, 0.25) is 0 Å². The van der Waals surface area contributed by atoms with Gasteiger partial charge in [0.05, 0.1) is 11.9 Å². The van der Waals surface area contributed by atoms with Gasteiger partial charge in [-0.25, -0.2) is 9.98 Å². The third-order valence-electron chi connectivity index (χ3n) is 2.64. The number of benzene rings is 1. The third kappa shape index (κ3) is 2.13. The molecule has 0 bridgehead atoms. The molecule has 6 heteroatoms. The lowest BCUT2D eigenvalue weighted by atomic mass is 10.0. The summed E-state index contributed by atoms with van der Waals surface area (Å²) in [4.78, 5) is 22.0. The number of allylic oxidation sites excluding steroid dienone is 1. The molecule has 2 aromatic rings. The Balaban J connectivity index is 2.27. The topological polar surface area (TPSA) is 77.8 Å². The second-order valence-corrected chi connectivity index (χ2v) is 4.82. The van der Waals surface area contributed by atoms with Gasteiger partial charge in [-0.1, -0.05) is 41.7 Å². The lowest BCUT2D eigenvalue weighted by Crippen LogP contribution is -1.91. The fraction of sp³-hybridized carbons (Fsp3) is 0. The smallest absolute Gasteiger partial charge is 0.307 e. The highest BCUT2D eigenvalue weighted by Gasteiger charge is 2.18. The van der Waals surface area contributed by atoms with Crippen LogP contribution in [0, 0.1) is 0 Å². The highest BCUT2D eigenvalue weighted by molar-refractivity contribution is 7.10. The van der Waals surface area contributed by atoms with Gasteiger partial charge in [-0.3, -0.25) is 9.78 Å². The predicted octanol–water partition coefficient (Wildman–Crippen LogP) is 2.01. The lowest BCUT2D eigenvalue weighted by molar-refractivity contribution is 0.455. The van der Waals surface area contributed by atoms with Crippen LogP contribution >= 0.6 is 11.3 Å². The molecule has 0 saturated heterocycles. The van der Waals surface area contributed by atoms with Crippen molar-refractivity contribution in [3.8, 4) is 5.88 Å². The maximum Gasteiger partial charge on any atom is 0.307 e. The molecule has 0 spiro atoms. The van der Waals surface area contributed by atoms with Crippen molar-refractivity contribution < 1.29 is 5.11 Å². The molecule has 19 heavy (non-hydrogen) atoms. The Hall–Kier alpha value is -2.47. The van der Waals surface area contributed by atoms with Crippen molar-refractivity contribution in [3.05, 3.63) is 56.1 Å². The van der Waals surface area contributed by atoms with Crippen LogP contribution in [0.1, 0.15) is 10.4 Å². The summed E-state index contributed by atoms with van der Waals surface area (Å²) < 4.78 is 0. The molecule has 1 aromatic heterocycles. The third-order valence-corrected chi connectivity index (χ3v) is 3.53. The van der Waals surface area contributed by atoms with E-state index in [4.69, 9.17) is 0 Å². The number of hydrogen-bond donors (Lipinski definition) is 2. The summed E-state index contributed by atoms with van der Waals surface area (Å²) in [6, 6.07) is 9.47. The molecule has 2 N–H and O–H groups in total. The molecular weight excluding hydrogens is 262 g/mol. The number of aliphatic imine (C=N–C) groups is 2. The maximum absolute atomic E-state index is 11.4. The fourth-order valence-electron chi connectivity index (χ4n) is 1.85. The van der Waals surface area contributed by atoms with Gasteiger partial charge in [0.25, 0.3) is 0 Å². The Morgan fingerprint density at radius 2 is 2.05 bits per heavy atom. The molecule has 0 aliphatic carbocycles. The quantitative estimate of drug-likeness (QED) is 0.876. The van der Waals surface area contributed by atoms with Crippen LogP contribution in [0.15, 0.2) is 50.8 Å². The number of thiazole rings is 1. The summed E-state index contributed by atoms with van der Waals surface area (Å²) in [5.74, 6) is -0.142. The largest absolute Gasteiger partial charge is 0.493 e. The number of hydrogen-bond acceptors (Lipinski definition) is 5. The van der Waals surface area contributed by atoms with Gasteiger partial charge in [-0.15, -0.1) is 0 Å². The Morgan fingerprint density at radius 1 is 1.26 bits per heavy atom. The molecule has 5 nitrogen and oxygen atoms in total. The first kappa shape index (κ1) is 11.6. The molecule has 0 radical (unpaired) electrons. The molecule has 0 atom stereocenters. The van der Waals surface area contributed by atoms with Gasteiger partial charge in [0.2, 0.25) is 5.88 Å². The SMILES string of the molecule is O=c1[nH]c(O)c(C(=C2C=NC=N2)c2ccccc2)s1. The number of H-pyrrole nitrogens is 1. The fourth-order valence-corrected chi connectivity index (χ4v) is 2.66. The van der Waals surface area contributed by atoms with E-state index in [1.165, 1.54) is 6.34 Å². The zero-order valence-electron chi connectivity index (χ0n) is 9.70. The van der Waals surface area contributed by atoms with Crippen molar-refractivity contribution in [2.45, 2.75) is 0 Å². The first-order chi connectivity index (χ1) is 9.25. The van der Waals surface area contributed by atoms with E-state index in [1.54, 1.807) is 6.21 Å². The molecule has 0 unspecified atom stereocenters. The normalized spacial score (nSPS) is 16.0. The molecule has 0 amide bonds. The molecule has 94 valence electrons. The number of nitrogens with zero attached hydrogens (tertiary/aromatic N) is 2. The molecule has 2 heterocycles. The molecule has 1 aromatic carbocycles. The van der Waals surface area contributed by atoms with E-state index in [9.17, 15) is 9.90 Å².